The number of nitriles is 1. The van der Waals surface area contributed by atoms with Crippen molar-refractivity contribution >= 4 is 5.69 Å². The van der Waals surface area contributed by atoms with Gasteiger partial charge in [-0.3, -0.25) is 10.1 Å². The molecule has 0 aliphatic rings. The molecule has 18 heavy (non-hydrogen) atoms. The van der Waals surface area contributed by atoms with Gasteiger partial charge in [-0.25, -0.2) is 4.98 Å². The number of halogens is 1. The van der Waals surface area contributed by atoms with Crippen molar-refractivity contribution in [2.75, 3.05) is 0 Å². The number of aromatic nitrogens is 2. The van der Waals surface area contributed by atoms with Crippen molar-refractivity contribution in [3.05, 3.63) is 57.9 Å². The van der Waals surface area contributed by atoms with Crippen LogP contribution in [0.25, 0.3) is 0 Å². The molecule has 0 N–H and O–H groups in total. The molecule has 2 rings (SSSR count). The molecular weight excluding hydrogens is 239 g/mol. The Bertz CT molecular complexity index is 645. The predicted molar refractivity (Wildman–Crippen MR) is 59.1 cm³/mol. The van der Waals surface area contributed by atoms with Crippen molar-refractivity contribution < 1.29 is 9.31 Å². The van der Waals surface area contributed by atoms with Gasteiger partial charge in [0.15, 0.2) is 0 Å². The third-order valence-electron chi connectivity index (χ3n) is 2.41. The number of hydrogen-bond acceptors (Lipinski definition) is 4. The molecule has 2 aromatic rings. The molecule has 7 heteroatoms. The van der Waals surface area contributed by atoms with E-state index in [0.29, 0.717) is 0 Å². The fourth-order valence-electron chi connectivity index (χ4n) is 1.56. The molecule has 0 amide bonds. The lowest BCUT2D eigenvalue weighted by atomic mass is 10.2. The third-order valence-corrected chi connectivity index (χ3v) is 2.41. The highest BCUT2D eigenvalue weighted by molar-refractivity contribution is 5.37. The van der Waals surface area contributed by atoms with Gasteiger partial charge < -0.3 is 4.57 Å². The van der Waals surface area contributed by atoms with Gasteiger partial charge in [0.05, 0.1) is 11.5 Å². The summed E-state index contributed by atoms with van der Waals surface area (Å²) in [6, 6.07) is 5.78. The zero-order valence-corrected chi connectivity index (χ0v) is 9.08. The zero-order chi connectivity index (χ0) is 13.1. The van der Waals surface area contributed by atoms with Crippen LogP contribution < -0.4 is 0 Å². The summed E-state index contributed by atoms with van der Waals surface area (Å²) >= 11 is 0. The maximum Gasteiger partial charge on any atom is 0.305 e. The molecule has 0 spiro atoms. The van der Waals surface area contributed by atoms with Crippen molar-refractivity contribution in [2.24, 2.45) is 0 Å². The van der Waals surface area contributed by atoms with Gasteiger partial charge in [0.25, 0.3) is 0 Å². The van der Waals surface area contributed by atoms with Gasteiger partial charge in [-0.05, 0) is 0 Å². The van der Waals surface area contributed by atoms with Crippen LogP contribution >= 0.6 is 0 Å². The zero-order valence-electron chi connectivity index (χ0n) is 9.08. The average molecular weight is 246 g/mol. The largest absolute Gasteiger partial charge is 0.318 e. The Balaban J connectivity index is 2.39. The normalized spacial score (nSPS) is 10.0. The maximum absolute atomic E-state index is 13.8. The summed E-state index contributed by atoms with van der Waals surface area (Å²) in [6.07, 6.45) is 2.92. The molecule has 1 heterocycles. The Labute approximate surface area is 101 Å². The molecule has 0 aliphatic heterocycles. The van der Waals surface area contributed by atoms with Gasteiger partial charge in [0, 0.05) is 24.0 Å². The summed E-state index contributed by atoms with van der Waals surface area (Å²) in [7, 11) is 0. The molecule has 0 saturated heterocycles. The van der Waals surface area contributed by atoms with Crippen LogP contribution in [0.2, 0.25) is 0 Å². The van der Waals surface area contributed by atoms with E-state index in [1.54, 1.807) is 0 Å². The first kappa shape index (κ1) is 11.7. The van der Waals surface area contributed by atoms with Crippen LogP contribution in [0.15, 0.2) is 30.6 Å². The fourth-order valence-corrected chi connectivity index (χ4v) is 1.56. The van der Waals surface area contributed by atoms with E-state index in [1.165, 1.54) is 29.1 Å². The number of nitro benzene ring substituents is 1. The lowest BCUT2D eigenvalue weighted by molar-refractivity contribution is -0.387. The van der Waals surface area contributed by atoms with E-state index in [0.717, 1.165) is 6.07 Å². The first-order valence-electron chi connectivity index (χ1n) is 4.96. The molecule has 0 fully saturated rings. The van der Waals surface area contributed by atoms with Crippen molar-refractivity contribution in [1.29, 1.82) is 5.26 Å². The van der Waals surface area contributed by atoms with Crippen LogP contribution in [-0.4, -0.2) is 14.5 Å². The quantitative estimate of drug-likeness (QED) is 0.611. The number of hydrogen-bond donors (Lipinski definition) is 0. The monoisotopic (exact) mass is 246 g/mol. The van der Waals surface area contributed by atoms with E-state index in [4.69, 9.17) is 5.26 Å². The lowest BCUT2D eigenvalue weighted by Gasteiger charge is -2.05. The SMILES string of the molecule is N#Cc1nccn1Cc1cccc([N+](=O)[O-])c1F. The lowest BCUT2D eigenvalue weighted by Crippen LogP contribution is -2.05. The Morgan fingerprint density at radius 2 is 2.33 bits per heavy atom. The van der Waals surface area contributed by atoms with Gasteiger partial charge in [-0.2, -0.15) is 9.65 Å². The number of imidazole rings is 1. The van der Waals surface area contributed by atoms with Crippen LogP contribution in [-0.2, 0) is 6.54 Å². The molecule has 0 bridgehead atoms. The van der Waals surface area contributed by atoms with Crippen LogP contribution in [0.5, 0.6) is 0 Å². The highest BCUT2D eigenvalue weighted by Crippen LogP contribution is 2.21. The summed E-state index contributed by atoms with van der Waals surface area (Å²) in [4.78, 5) is 13.6. The maximum atomic E-state index is 13.8. The summed E-state index contributed by atoms with van der Waals surface area (Å²) in [5.41, 5.74) is -0.440. The molecule has 90 valence electrons. The van der Waals surface area contributed by atoms with E-state index in [9.17, 15) is 14.5 Å². The smallest absolute Gasteiger partial charge is 0.305 e. The summed E-state index contributed by atoms with van der Waals surface area (Å²) in [6.45, 7) is 0.0242. The number of benzene rings is 1. The predicted octanol–water partition coefficient (Wildman–Crippen LogP) is 1.85. The molecule has 0 saturated carbocycles. The van der Waals surface area contributed by atoms with Gasteiger partial charge >= 0.3 is 5.69 Å². The second-order valence-electron chi connectivity index (χ2n) is 3.50. The highest BCUT2D eigenvalue weighted by Gasteiger charge is 2.17. The van der Waals surface area contributed by atoms with Crippen LogP contribution in [0.3, 0.4) is 0 Å². The molecule has 0 radical (unpaired) electrons. The van der Waals surface area contributed by atoms with E-state index in [1.807, 2.05) is 6.07 Å². The van der Waals surface area contributed by atoms with Crippen LogP contribution in [0, 0.1) is 27.3 Å². The Kier molecular flexibility index (Phi) is 3.02. The summed E-state index contributed by atoms with van der Waals surface area (Å²) < 4.78 is 15.2. The second-order valence-corrected chi connectivity index (χ2v) is 3.50. The molecule has 6 nitrogen and oxygen atoms in total. The van der Waals surface area contributed by atoms with E-state index < -0.39 is 16.4 Å². The van der Waals surface area contributed by atoms with Gasteiger partial charge in [-0.1, -0.05) is 12.1 Å². The first-order chi connectivity index (χ1) is 8.63. The molecule has 1 aromatic heterocycles. The van der Waals surface area contributed by atoms with Crippen molar-refractivity contribution in [1.82, 2.24) is 9.55 Å². The minimum atomic E-state index is -0.889. The number of rotatable bonds is 3. The van der Waals surface area contributed by atoms with Crippen molar-refractivity contribution in [2.45, 2.75) is 6.54 Å². The van der Waals surface area contributed by atoms with E-state index in [2.05, 4.69) is 4.98 Å². The van der Waals surface area contributed by atoms with Gasteiger partial charge in [0.1, 0.15) is 6.07 Å². The minimum Gasteiger partial charge on any atom is -0.318 e. The fraction of sp³-hybridized carbons (Fsp3) is 0.0909. The van der Waals surface area contributed by atoms with E-state index in [-0.39, 0.29) is 17.9 Å². The molecule has 0 atom stereocenters. The van der Waals surface area contributed by atoms with Gasteiger partial charge in [0.2, 0.25) is 11.6 Å². The third kappa shape index (κ3) is 2.04. The highest BCUT2D eigenvalue weighted by atomic mass is 19.1. The summed E-state index contributed by atoms with van der Waals surface area (Å²) in [5, 5.41) is 19.4. The Hall–Kier alpha value is -2.75. The number of nitrogens with zero attached hydrogens (tertiary/aromatic N) is 4. The molecule has 0 unspecified atom stereocenters. The topological polar surface area (TPSA) is 84.8 Å². The minimum absolute atomic E-state index is 0.0242. The molecule has 0 aliphatic carbocycles. The van der Waals surface area contributed by atoms with Crippen LogP contribution in [0.1, 0.15) is 11.4 Å². The van der Waals surface area contributed by atoms with Gasteiger partial charge in [-0.15, -0.1) is 0 Å². The first-order valence-corrected chi connectivity index (χ1v) is 4.96. The molecular formula is C11H7FN4O2. The summed E-state index contributed by atoms with van der Waals surface area (Å²) in [5.74, 6) is -0.763. The Morgan fingerprint density at radius 3 is 3.00 bits per heavy atom. The average Bonchev–Trinajstić information content (AvgIpc) is 2.78. The number of nitro groups is 1. The van der Waals surface area contributed by atoms with Crippen molar-refractivity contribution in [3.8, 4) is 6.07 Å². The second kappa shape index (κ2) is 4.63. The Morgan fingerprint density at radius 1 is 1.56 bits per heavy atom. The van der Waals surface area contributed by atoms with Crippen LogP contribution in [0.4, 0.5) is 10.1 Å². The standard InChI is InChI=1S/C11H7FN4O2/c12-11-8(2-1-3-9(11)16(17)18)7-15-5-4-14-10(15)6-13/h1-5H,7H2. The van der Waals surface area contributed by atoms with E-state index >= 15 is 0 Å². The molecule has 1 aromatic carbocycles. The van der Waals surface area contributed by atoms with Crippen molar-refractivity contribution in [3.63, 3.8) is 0 Å².